The van der Waals surface area contributed by atoms with E-state index in [-0.39, 0.29) is 12.8 Å². The van der Waals surface area contributed by atoms with E-state index in [9.17, 15) is 5.11 Å². The first-order valence-electron chi connectivity index (χ1n) is 11.3. The summed E-state index contributed by atoms with van der Waals surface area (Å²) in [5.41, 5.74) is 3.22. The third-order valence-corrected chi connectivity index (χ3v) is 6.36. The molecule has 9 heteroatoms. The van der Waals surface area contributed by atoms with Gasteiger partial charge in [-0.25, -0.2) is 9.97 Å². The van der Waals surface area contributed by atoms with Gasteiger partial charge < -0.3 is 24.2 Å². The zero-order chi connectivity index (χ0) is 22.8. The lowest BCUT2D eigenvalue weighted by atomic mass is 10.1. The molecule has 2 fully saturated rings. The summed E-state index contributed by atoms with van der Waals surface area (Å²) in [5, 5.41) is 10.6. The van der Waals surface area contributed by atoms with Crippen LogP contribution >= 0.6 is 0 Å². The van der Waals surface area contributed by atoms with Gasteiger partial charge in [0.05, 0.1) is 51.4 Å². The fraction of sp³-hybridized carbons (Fsp3) is 0.458. The third kappa shape index (κ3) is 4.37. The SMILES string of the molecule is COc1ccc(-c2cc3nc(N4CCOC[C@H]4N4CCOCC4C)ncc3cn2)cc1CO. The number of anilines is 1. The molecule has 2 atom stereocenters. The number of hydrogen-bond acceptors (Lipinski definition) is 9. The number of rotatable bonds is 5. The molecule has 3 aromatic rings. The molecule has 0 aliphatic carbocycles. The molecule has 1 N–H and O–H groups in total. The molecular weight excluding hydrogens is 422 g/mol. The van der Waals surface area contributed by atoms with E-state index in [1.54, 1.807) is 13.3 Å². The second kappa shape index (κ2) is 9.56. The predicted molar refractivity (Wildman–Crippen MR) is 124 cm³/mol. The summed E-state index contributed by atoms with van der Waals surface area (Å²) >= 11 is 0. The Hall–Kier alpha value is -2.85. The number of aliphatic hydroxyl groups excluding tert-OH is 1. The van der Waals surface area contributed by atoms with Gasteiger partial charge in [0.2, 0.25) is 5.95 Å². The van der Waals surface area contributed by atoms with Crippen LogP contribution in [0.15, 0.2) is 36.7 Å². The number of pyridine rings is 1. The second-order valence-corrected chi connectivity index (χ2v) is 8.39. The lowest BCUT2D eigenvalue weighted by molar-refractivity contribution is -0.0548. The smallest absolute Gasteiger partial charge is 0.227 e. The molecule has 1 aromatic carbocycles. The van der Waals surface area contributed by atoms with Crippen LogP contribution in [-0.2, 0) is 16.1 Å². The maximum absolute atomic E-state index is 9.68. The molecule has 2 aliphatic heterocycles. The Balaban J connectivity index is 1.48. The first-order chi connectivity index (χ1) is 16.2. The Morgan fingerprint density at radius 1 is 1.09 bits per heavy atom. The number of benzene rings is 1. The topological polar surface area (TPSA) is 93.1 Å². The Kier molecular flexibility index (Phi) is 6.37. The molecule has 9 nitrogen and oxygen atoms in total. The Morgan fingerprint density at radius 3 is 2.73 bits per heavy atom. The fourth-order valence-corrected chi connectivity index (χ4v) is 4.55. The van der Waals surface area contributed by atoms with Gasteiger partial charge in [-0.15, -0.1) is 0 Å². The van der Waals surface area contributed by atoms with Crippen molar-refractivity contribution in [1.82, 2.24) is 19.9 Å². The van der Waals surface area contributed by atoms with Crippen molar-refractivity contribution in [3.63, 3.8) is 0 Å². The number of morpholine rings is 2. The van der Waals surface area contributed by atoms with Crippen molar-refractivity contribution in [1.29, 1.82) is 0 Å². The Labute approximate surface area is 192 Å². The van der Waals surface area contributed by atoms with E-state index in [1.165, 1.54) is 0 Å². The van der Waals surface area contributed by atoms with Gasteiger partial charge in [-0.3, -0.25) is 9.88 Å². The highest BCUT2D eigenvalue weighted by Gasteiger charge is 2.34. The van der Waals surface area contributed by atoms with Gasteiger partial charge in [-0.05, 0) is 31.2 Å². The molecule has 2 aromatic heterocycles. The normalized spacial score (nSPS) is 22.0. The summed E-state index contributed by atoms with van der Waals surface area (Å²) in [7, 11) is 1.59. The number of nitrogens with zero attached hydrogens (tertiary/aromatic N) is 5. The minimum Gasteiger partial charge on any atom is -0.496 e. The fourth-order valence-electron chi connectivity index (χ4n) is 4.55. The molecule has 2 saturated heterocycles. The van der Waals surface area contributed by atoms with Crippen molar-refractivity contribution >= 4 is 16.9 Å². The van der Waals surface area contributed by atoms with Gasteiger partial charge in [-0.2, -0.15) is 0 Å². The second-order valence-electron chi connectivity index (χ2n) is 8.39. The van der Waals surface area contributed by atoms with Gasteiger partial charge in [0.25, 0.3) is 0 Å². The van der Waals surface area contributed by atoms with Crippen LogP contribution in [0.5, 0.6) is 5.75 Å². The van der Waals surface area contributed by atoms with Crippen LogP contribution in [-0.4, -0.2) is 83.8 Å². The van der Waals surface area contributed by atoms with Crippen LogP contribution in [0.2, 0.25) is 0 Å². The van der Waals surface area contributed by atoms with Crippen molar-refractivity contribution in [3.05, 3.63) is 42.2 Å². The number of hydrogen-bond donors (Lipinski definition) is 1. The molecule has 4 heterocycles. The largest absolute Gasteiger partial charge is 0.496 e. The van der Waals surface area contributed by atoms with E-state index in [0.29, 0.717) is 31.0 Å². The Morgan fingerprint density at radius 2 is 1.91 bits per heavy atom. The third-order valence-electron chi connectivity index (χ3n) is 6.36. The lowest BCUT2D eigenvalue weighted by Gasteiger charge is -2.46. The molecular formula is C24H29N5O4. The minimum atomic E-state index is -0.102. The number of methoxy groups -OCH3 is 1. The van der Waals surface area contributed by atoms with Crippen molar-refractivity contribution in [3.8, 4) is 17.0 Å². The number of ether oxygens (including phenoxy) is 3. The first-order valence-corrected chi connectivity index (χ1v) is 11.3. The van der Waals surface area contributed by atoms with Crippen molar-refractivity contribution < 1.29 is 19.3 Å². The van der Waals surface area contributed by atoms with E-state index in [0.717, 1.165) is 54.0 Å². The van der Waals surface area contributed by atoms with Gasteiger partial charge in [0.1, 0.15) is 11.9 Å². The van der Waals surface area contributed by atoms with Crippen LogP contribution in [0, 0.1) is 0 Å². The van der Waals surface area contributed by atoms with Gasteiger partial charge in [0.15, 0.2) is 0 Å². The quantitative estimate of drug-likeness (QED) is 0.626. The minimum absolute atomic E-state index is 0.0742. The number of fused-ring (bicyclic) bond motifs is 1. The zero-order valence-corrected chi connectivity index (χ0v) is 19.0. The number of aromatic nitrogens is 3. The van der Waals surface area contributed by atoms with Gasteiger partial charge >= 0.3 is 0 Å². The molecule has 33 heavy (non-hydrogen) atoms. The van der Waals surface area contributed by atoms with E-state index in [2.05, 4.69) is 26.7 Å². The van der Waals surface area contributed by atoms with Crippen LogP contribution < -0.4 is 9.64 Å². The summed E-state index contributed by atoms with van der Waals surface area (Å²) in [5.74, 6) is 1.35. The molecule has 1 unspecified atom stereocenters. The predicted octanol–water partition coefficient (Wildman–Crippen LogP) is 2.08. The maximum Gasteiger partial charge on any atom is 0.227 e. The van der Waals surface area contributed by atoms with E-state index in [4.69, 9.17) is 19.2 Å². The first kappa shape index (κ1) is 22.0. The summed E-state index contributed by atoms with van der Waals surface area (Å²) < 4.78 is 16.8. The average molecular weight is 452 g/mol. The molecule has 0 amide bonds. The Bertz CT molecular complexity index is 1130. The molecule has 2 aliphatic rings. The van der Waals surface area contributed by atoms with Gasteiger partial charge in [-0.1, -0.05) is 0 Å². The summed E-state index contributed by atoms with van der Waals surface area (Å²) in [6.45, 7) is 6.37. The molecule has 0 saturated carbocycles. The van der Waals surface area contributed by atoms with Crippen molar-refractivity contribution in [2.24, 2.45) is 0 Å². The standard InChI is InChI=1S/C24H29N5O4/c1-16-14-32-7-5-28(16)23-15-33-8-6-29(23)24-26-12-19-11-25-20(10-21(19)27-24)17-3-4-22(31-2)18(9-17)13-30/h3-4,9-12,16,23,30H,5-8,13-15H2,1-2H3/t16?,23-/m0/s1. The lowest BCUT2D eigenvalue weighted by Crippen LogP contribution is -2.61. The summed E-state index contributed by atoms with van der Waals surface area (Å²) in [6, 6.07) is 7.95. The van der Waals surface area contributed by atoms with E-state index < -0.39 is 0 Å². The van der Waals surface area contributed by atoms with E-state index in [1.807, 2.05) is 30.5 Å². The highest BCUT2D eigenvalue weighted by molar-refractivity contribution is 5.82. The average Bonchev–Trinajstić information content (AvgIpc) is 2.88. The summed E-state index contributed by atoms with van der Waals surface area (Å²) in [4.78, 5) is 18.8. The van der Waals surface area contributed by atoms with E-state index >= 15 is 0 Å². The highest BCUT2D eigenvalue weighted by Crippen LogP contribution is 2.28. The molecule has 5 rings (SSSR count). The molecule has 0 radical (unpaired) electrons. The van der Waals surface area contributed by atoms with Gasteiger partial charge in [0, 0.05) is 48.0 Å². The molecule has 174 valence electrons. The van der Waals surface area contributed by atoms with Crippen LogP contribution in [0.3, 0.4) is 0 Å². The monoisotopic (exact) mass is 451 g/mol. The molecule has 0 spiro atoms. The maximum atomic E-state index is 9.68. The molecule has 0 bridgehead atoms. The summed E-state index contributed by atoms with van der Waals surface area (Å²) in [6.07, 6.45) is 3.69. The van der Waals surface area contributed by atoms with Crippen LogP contribution in [0.4, 0.5) is 5.95 Å². The van der Waals surface area contributed by atoms with Crippen LogP contribution in [0.1, 0.15) is 12.5 Å². The van der Waals surface area contributed by atoms with Crippen molar-refractivity contribution in [2.45, 2.75) is 25.7 Å². The number of aliphatic hydroxyl groups is 1. The van der Waals surface area contributed by atoms with Crippen LogP contribution in [0.25, 0.3) is 22.2 Å². The van der Waals surface area contributed by atoms with Crippen molar-refractivity contribution in [2.75, 3.05) is 51.5 Å². The highest BCUT2D eigenvalue weighted by atomic mass is 16.5. The zero-order valence-electron chi connectivity index (χ0n) is 19.0.